The van der Waals surface area contributed by atoms with E-state index in [1.165, 1.54) is 0 Å². The van der Waals surface area contributed by atoms with Gasteiger partial charge in [-0.25, -0.2) is 4.52 Å². The van der Waals surface area contributed by atoms with Crippen LogP contribution in [-0.2, 0) is 4.79 Å². The van der Waals surface area contributed by atoms with Gasteiger partial charge in [-0.15, -0.1) is 0 Å². The van der Waals surface area contributed by atoms with Gasteiger partial charge >= 0.3 is 5.97 Å². The van der Waals surface area contributed by atoms with Gasteiger partial charge in [0.1, 0.15) is 0 Å². The number of rotatable bonds is 3. The molecule has 0 aliphatic rings. The maximum atomic E-state index is 10.5. The third-order valence-corrected chi connectivity index (χ3v) is 2.40. The molecule has 0 saturated carbocycles. The second-order valence-corrected chi connectivity index (χ2v) is 3.85. The van der Waals surface area contributed by atoms with Crippen molar-refractivity contribution < 1.29 is 9.90 Å². The lowest BCUT2D eigenvalue weighted by atomic mass is 10.1. The first-order chi connectivity index (χ1) is 7.56. The van der Waals surface area contributed by atoms with Crippen molar-refractivity contribution in [3.63, 3.8) is 0 Å². The van der Waals surface area contributed by atoms with Gasteiger partial charge in [0, 0.05) is 6.20 Å². The van der Waals surface area contributed by atoms with E-state index in [9.17, 15) is 4.79 Å². The molecule has 1 unspecified atom stereocenters. The number of fused-ring (bicyclic) bond motifs is 1. The highest BCUT2D eigenvalue weighted by molar-refractivity contribution is 5.68. The summed E-state index contributed by atoms with van der Waals surface area (Å²) in [5, 5.41) is 12.9. The summed E-state index contributed by atoms with van der Waals surface area (Å²) in [6, 6.07) is 5.16. The summed E-state index contributed by atoms with van der Waals surface area (Å²) in [5.41, 5.74) is 8.36. The number of pyridine rings is 1. The van der Waals surface area contributed by atoms with Gasteiger partial charge in [0.15, 0.2) is 0 Å². The molecule has 0 aliphatic carbocycles. The average molecular weight is 219 g/mol. The van der Waals surface area contributed by atoms with E-state index in [0.29, 0.717) is 5.69 Å². The largest absolute Gasteiger partial charge is 0.481 e. The fraction of sp³-hybridized carbons (Fsp3) is 0.273. The van der Waals surface area contributed by atoms with Gasteiger partial charge in [-0.05, 0) is 24.6 Å². The van der Waals surface area contributed by atoms with Crippen LogP contribution in [-0.4, -0.2) is 20.7 Å². The zero-order valence-electron chi connectivity index (χ0n) is 8.92. The molecule has 1 atom stereocenters. The topological polar surface area (TPSA) is 80.6 Å². The summed E-state index contributed by atoms with van der Waals surface area (Å²) in [6.45, 7) is 1.97. The Morgan fingerprint density at radius 3 is 3.06 bits per heavy atom. The minimum absolute atomic E-state index is 0.108. The molecule has 0 aliphatic heterocycles. The van der Waals surface area contributed by atoms with Crippen molar-refractivity contribution in [2.24, 2.45) is 5.73 Å². The second-order valence-electron chi connectivity index (χ2n) is 3.85. The minimum atomic E-state index is -0.916. The number of nitrogens with two attached hydrogens (primary N) is 1. The first-order valence-electron chi connectivity index (χ1n) is 4.99. The standard InChI is InChI=1S/C11H13N3O2/c1-7-2-3-8-4-10(13-14(8)6-7)9(12)5-11(15)16/h2-4,6,9H,5,12H2,1H3,(H,15,16). The van der Waals surface area contributed by atoms with Gasteiger partial charge in [-0.3, -0.25) is 4.79 Å². The summed E-state index contributed by atoms with van der Waals surface area (Å²) >= 11 is 0. The SMILES string of the molecule is Cc1ccc2cc(C(N)CC(=O)O)nn2c1. The molecule has 2 aromatic heterocycles. The molecule has 0 fully saturated rings. The number of aryl methyl sites for hydroxylation is 1. The number of hydrogen-bond donors (Lipinski definition) is 2. The highest BCUT2D eigenvalue weighted by atomic mass is 16.4. The maximum absolute atomic E-state index is 10.5. The van der Waals surface area contributed by atoms with Crippen LogP contribution in [0.5, 0.6) is 0 Å². The van der Waals surface area contributed by atoms with Gasteiger partial charge in [-0.1, -0.05) is 6.07 Å². The molecule has 0 aromatic carbocycles. The lowest BCUT2D eigenvalue weighted by Crippen LogP contribution is -2.15. The number of hydrogen-bond acceptors (Lipinski definition) is 3. The molecule has 5 heteroatoms. The van der Waals surface area contributed by atoms with Crippen molar-refractivity contribution in [1.82, 2.24) is 9.61 Å². The lowest BCUT2D eigenvalue weighted by Gasteiger charge is -2.03. The first-order valence-corrected chi connectivity index (χ1v) is 4.99. The van der Waals surface area contributed by atoms with Gasteiger partial charge < -0.3 is 10.8 Å². The quantitative estimate of drug-likeness (QED) is 0.810. The Morgan fingerprint density at radius 2 is 2.38 bits per heavy atom. The van der Waals surface area contributed by atoms with Gasteiger partial charge in [0.05, 0.1) is 23.7 Å². The molecule has 0 saturated heterocycles. The molecule has 16 heavy (non-hydrogen) atoms. The van der Waals surface area contributed by atoms with Crippen molar-refractivity contribution in [2.45, 2.75) is 19.4 Å². The summed E-state index contributed by atoms with van der Waals surface area (Å²) in [6.07, 6.45) is 1.77. The number of aromatic nitrogens is 2. The zero-order chi connectivity index (χ0) is 11.7. The highest BCUT2D eigenvalue weighted by Crippen LogP contribution is 2.15. The predicted molar refractivity (Wildman–Crippen MR) is 59.1 cm³/mol. The van der Waals surface area contributed by atoms with Crippen molar-refractivity contribution in [3.05, 3.63) is 35.7 Å². The third-order valence-electron chi connectivity index (χ3n) is 2.40. The van der Waals surface area contributed by atoms with Crippen LogP contribution in [0.25, 0.3) is 5.52 Å². The molecule has 2 rings (SSSR count). The van der Waals surface area contributed by atoms with E-state index in [2.05, 4.69) is 5.10 Å². The lowest BCUT2D eigenvalue weighted by molar-refractivity contribution is -0.137. The van der Waals surface area contributed by atoms with E-state index in [-0.39, 0.29) is 6.42 Å². The normalized spacial score (nSPS) is 12.9. The Kier molecular flexibility index (Phi) is 2.62. The molecular weight excluding hydrogens is 206 g/mol. The first kappa shape index (κ1) is 10.6. The molecule has 3 N–H and O–H groups in total. The number of carboxylic acids is 1. The molecule has 0 radical (unpaired) electrons. The highest BCUT2D eigenvalue weighted by Gasteiger charge is 2.14. The molecular formula is C11H13N3O2. The van der Waals surface area contributed by atoms with E-state index in [4.69, 9.17) is 10.8 Å². The number of nitrogens with zero attached hydrogens (tertiary/aromatic N) is 2. The Morgan fingerprint density at radius 1 is 1.62 bits per heavy atom. The number of aliphatic carboxylic acids is 1. The smallest absolute Gasteiger partial charge is 0.305 e. The maximum Gasteiger partial charge on any atom is 0.305 e. The summed E-state index contributed by atoms with van der Waals surface area (Å²) in [4.78, 5) is 10.5. The molecule has 2 aromatic rings. The van der Waals surface area contributed by atoms with Crippen molar-refractivity contribution >= 4 is 11.5 Å². The zero-order valence-corrected chi connectivity index (χ0v) is 8.92. The van der Waals surface area contributed by atoms with Crippen LogP contribution >= 0.6 is 0 Å². The number of carboxylic acid groups (broad SMARTS) is 1. The summed E-state index contributed by atoms with van der Waals surface area (Å²) < 4.78 is 1.71. The molecule has 0 spiro atoms. The van der Waals surface area contributed by atoms with E-state index in [1.54, 1.807) is 4.52 Å². The van der Waals surface area contributed by atoms with E-state index < -0.39 is 12.0 Å². The third kappa shape index (κ3) is 2.04. The summed E-state index contributed by atoms with van der Waals surface area (Å²) in [5.74, 6) is -0.916. The summed E-state index contributed by atoms with van der Waals surface area (Å²) in [7, 11) is 0. The fourth-order valence-corrected chi connectivity index (χ4v) is 1.58. The van der Waals surface area contributed by atoms with E-state index in [0.717, 1.165) is 11.1 Å². The van der Waals surface area contributed by atoms with Crippen LogP contribution in [0.4, 0.5) is 0 Å². The average Bonchev–Trinajstić information content (AvgIpc) is 2.59. The van der Waals surface area contributed by atoms with E-state index >= 15 is 0 Å². The second kappa shape index (κ2) is 3.94. The van der Waals surface area contributed by atoms with Crippen LogP contribution < -0.4 is 5.73 Å². The van der Waals surface area contributed by atoms with Gasteiger partial charge in [0.2, 0.25) is 0 Å². The molecule has 2 heterocycles. The van der Waals surface area contributed by atoms with Crippen LogP contribution in [0.1, 0.15) is 23.7 Å². The monoisotopic (exact) mass is 219 g/mol. The Balaban J connectivity index is 2.35. The Hall–Kier alpha value is -1.88. The molecule has 0 amide bonds. The van der Waals surface area contributed by atoms with Gasteiger partial charge in [-0.2, -0.15) is 5.10 Å². The van der Waals surface area contributed by atoms with Crippen molar-refractivity contribution in [3.8, 4) is 0 Å². The Bertz CT molecular complexity index is 533. The van der Waals surface area contributed by atoms with Crippen LogP contribution in [0.2, 0.25) is 0 Å². The number of carbonyl (C=O) groups is 1. The van der Waals surface area contributed by atoms with Crippen LogP contribution in [0, 0.1) is 6.92 Å². The minimum Gasteiger partial charge on any atom is -0.481 e. The van der Waals surface area contributed by atoms with Crippen molar-refractivity contribution in [2.75, 3.05) is 0 Å². The predicted octanol–water partition coefficient (Wildman–Crippen LogP) is 1.12. The fourth-order valence-electron chi connectivity index (χ4n) is 1.58. The molecule has 5 nitrogen and oxygen atoms in total. The molecule has 84 valence electrons. The van der Waals surface area contributed by atoms with Crippen LogP contribution in [0.3, 0.4) is 0 Å². The Labute approximate surface area is 92.5 Å². The molecule has 0 bridgehead atoms. The van der Waals surface area contributed by atoms with Crippen molar-refractivity contribution in [1.29, 1.82) is 0 Å². The van der Waals surface area contributed by atoms with E-state index in [1.807, 2.05) is 31.3 Å². The van der Waals surface area contributed by atoms with Crippen LogP contribution in [0.15, 0.2) is 24.4 Å². The van der Waals surface area contributed by atoms with Gasteiger partial charge in [0.25, 0.3) is 0 Å².